The van der Waals surface area contributed by atoms with Crippen molar-refractivity contribution in [1.29, 1.82) is 0 Å². The van der Waals surface area contributed by atoms with Crippen LogP contribution < -0.4 is 4.72 Å². The molecule has 2 aromatic rings. The normalized spacial score (nSPS) is 13.0. The third-order valence-electron chi connectivity index (χ3n) is 3.70. The van der Waals surface area contributed by atoms with E-state index in [1.54, 1.807) is 36.7 Å². The molecule has 0 amide bonds. The van der Waals surface area contributed by atoms with Crippen LogP contribution in [-0.4, -0.2) is 17.8 Å². The largest absolute Gasteiger partial charge is 0.265 e. The number of benzene rings is 1. The van der Waals surface area contributed by atoms with Gasteiger partial charge in [-0.05, 0) is 47.7 Å². The lowest BCUT2D eigenvalue weighted by Crippen LogP contribution is -2.23. The first kappa shape index (κ1) is 18.4. The maximum Gasteiger partial charge on any atom is 0.240 e. The smallest absolute Gasteiger partial charge is 0.240 e. The Morgan fingerprint density at radius 2 is 1.78 bits per heavy atom. The highest BCUT2D eigenvalue weighted by molar-refractivity contribution is 14.1. The zero-order valence-electron chi connectivity index (χ0n) is 13.1. The molecule has 0 saturated heterocycles. The Bertz CT molecular complexity index is 703. The highest BCUT2D eigenvalue weighted by Gasteiger charge is 2.15. The van der Waals surface area contributed by atoms with E-state index in [-0.39, 0.29) is 6.54 Å². The zero-order chi connectivity index (χ0) is 16.7. The fourth-order valence-corrected chi connectivity index (χ4v) is 4.33. The lowest BCUT2D eigenvalue weighted by Gasteiger charge is -2.14. The number of alkyl halides is 1. The molecule has 1 unspecified atom stereocenters. The molecule has 0 aliphatic rings. The molecule has 0 saturated carbocycles. The number of pyridine rings is 1. The van der Waals surface area contributed by atoms with Crippen LogP contribution in [0.15, 0.2) is 53.7 Å². The van der Waals surface area contributed by atoms with Crippen LogP contribution in [0.25, 0.3) is 0 Å². The van der Waals surface area contributed by atoms with Crippen molar-refractivity contribution >= 4 is 32.6 Å². The number of nitrogens with one attached hydrogen (secondary N) is 1. The average Bonchev–Trinajstić information content (AvgIpc) is 2.59. The van der Waals surface area contributed by atoms with Crippen LogP contribution in [0.1, 0.15) is 36.8 Å². The first-order chi connectivity index (χ1) is 11.1. The van der Waals surface area contributed by atoms with E-state index in [1.165, 1.54) is 5.56 Å². The van der Waals surface area contributed by atoms with Crippen molar-refractivity contribution in [3.63, 3.8) is 0 Å². The number of halogens is 1. The van der Waals surface area contributed by atoms with E-state index < -0.39 is 10.0 Å². The van der Waals surface area contributed by atoms with E-state index in [2.05, 4.69) is 39.2 Å². The van der Waals surface area contributed by atoms with Crippen LogP contribution in [-0.2, 0) is 16.6 Å². The predicted molar refractivity (Wildman–Crippen MR) is 101 cm³/mol. The summed E-state index contributed by atoms with van der Waals surface area (Å²) in [6.07, 6.45) is 5.54. The fraction of sp³-hybridized carbons (Fsp3) is 0.353. The zero-order valence-corrected chi connectivity index (χ0v) is 16.0. The molecule has 0 fully saturated rings. The van der Waals surface area contributed by atoms with E-state index >= 15 is 0 Å². The van der Waals surface area contributed by atoms with Gasteiger partial charge in [0.25, 0.3) is 0 Å². The molecule has 2 rings (SSSR count). The number of nitrogens with zero attached hydrogens (tertiary/aromatic N) is 1. The van der Waals surface area contributed by atoms with Crippen LogP contribution >= 0.6 is 22.6 Å². The van der Waals surface area contributed by atoms with Crippen molar-refractivity contribution in [3.05, 3.63) is 59.9 Å². The summed E-state index contributed by atoms with van der Waals surface area (Å²) >= 11 is 2.39. The molecule has 0 radical (unpaired) electrons. The van der Waals surface area contributed by atoms with E-state index in [1.807, 2.05) is 12.1 Å². The Balaban J connectivity index is 2.08. The van der Waals surface area contributed by atoms with Gasteiger partial charge in [-0.2, -0.15) is 0 Å². The number of aromatic nitrogens is 1. The third-order valence-corrected chi connectivity index (χ3v) is 6.18. The molecule has 6 heteroatoms. The fourth-order valence-electron chi connectivity index (χ4n) is 2.36. The second kappa shape index (κ2) is 8.75. The molecule has 0 aliphatic carbocycles. The van der Waals surface area contributed by atoms with Crippen LogP contribution in [0.3, 0.4) is 0 Å². The summed E-state index contributed by atoms with van der Waals surface area (Å²) in [5.74, 6) is 0.488. The Morgan fingerprint density at radius 3 is 2.35 bits per heavy atom. The topological polar surface area (TPSA) is 59.1 Å². The average molecular weight is 444 g/mol. The quantitative estimate of drug-likeness (QED) is 0.497. The molecule has 0 aliphatic heterocycles. The second-order valence-corrected chi connectivity index (χ2v) is 8.04. The van der Waals surface area contributed by atoms with Gasteiger partial charge in [-0.15, -0.1) is 0 Å². The molecule has 1 aromatic carbocycles. The number of rotatable bonds is 8. The Hall–Kier alpha value is -0.990. The highest BCUT2D eigenvalue weighted by Crippen LogP contribution is 2.24. The molecule has 1 atom stereocenters. The minimum absolute atomic E-state index is 0.263. The maximum absolute atomic E-state index is 12.4. The molecule has 4 nitrogen and oxygen atoms in total. The minimum Gasteiger partial charge on any atom is -0.265 e. The van der Waals surface area contributed by atoms with Gasteiger partial charge in [0.15, 0.2) is 0 Å². The van der Waals surface area contributed by atoms with Gasteiger partial charge < -0.3 is 0 Å². The van der Waals surface area contributed by atoms with Gasteiger partial charge in [0.2, 0.25) is 10.0 Å². The van der Waals surface area contributed by atoms with E-state index in [0.29, 0.717) is 10.8 Å². The summed E-state index contributed by atoms with van der Waals surface area (Å²) in [7, 11) is -3.49. The van der Waals surface area contributed by atoms with Crippen LogP contribution in [0.4, 0.5) is 0 Å². The first-order valence-electron chi connectivity index (χ1n) is 7.61. The molecule has 23 heavy (non-hydrogen) atoms. The van der Waals surface area contributed by atoms with E-state index in [4.69, 9.17) is 0 Å². The summed E-state index contributed by atoms with van der Waals surface area (Å²) in [5.41, 5.74) is 2.09. The molecule has 1 aromatic heterocycles. The van der Waals surface area contributed by atoms with Crippen LogP contribution in [0.5, 0.6) is 0 Å². The molecule has 124 valence electrons. The molecule has 0 spiro atoms. The summed E-state index contributed by atoms with van der Waals surface area (Å²) in [6, 6.07) is 10.8. The van der Waals surface area contributed by atoms with Gasteiger partial charge in [-0.1, -0.05) is 48.1 Å². The van der Waals surface area contributed by atoms with Gasteiger partial charge in [-0.3, -0.25) is 4.98 Å². The summed E-state index contributed by atoms with van der Waals surface area (Å²) < 4.78 is 28.4. The Labute approximate surface area is 151 Å². The number of hydrogen-bond donors (Lipinski definition) is 1. The van der Waals surface area contributed by atoms with Gasteiger partial charge >= 0.3 is 0 Å². The summed E-state index contributed by atoms with van der Waals surface area (Å²) in [5, 5.41) is 0. The van der Waals surface area contributed by atoms with Crippen molar-refractivity contribution in [2.75, 3.05) is 4.43 Å². The molecule has 0 bridgehead atoms. The highest BCUT2D eigenvalue weighted by atomic mass is 127. The van der Waals surface area contributed by atoms with E-state index in [9.17, 15) is 8.42 Å². The lowest BCUT2D eigenvalue weighted by molar-refractivity contribution is 0.581. The Kier molecular flexibility index (Phi) is 6.98. The van der Waals surface area contributed by atoms with Crippen molar-refractivity contribution < 1.29 is 8.42 Å². The van der Waals surface area contributed by atoms with Crippen molar-refractivity contribution in [2.24, 2.45) is 0 Å². The number of sulfonamides is 1. The minimum atomic E-state index is -3.49. The SMILES string of the molecule is CCCC(CI)c1ccc(S(=O)(=O)NCc2ccncc2)cc1. The van der Waals surface area contributed by atoms with Gasteiger partial charge in [0, 0.05) is 23.4 Å². The molecule has 1 N–H and O–H groups in total. The van der Waals surface area contributed by atoms with Crippen molar-refractivity contribution in [1.82, 2.24) is 9.71 Å². The second-order valence-electron chi connectivity index (χ2n) is 5.39. The Morgan fingerprint density at radius 1 is 1.13 bits per heavy atom. The van der Waals surface area contributed by atoms with Crippen molar-refractivity contribution in [3.8, 4) is 0 Å². The lowest BCUT2D eigenvalue weighted by atomic mass is 9.97. The van der Waals surface area contributed by atoms with Crippen molar-refractivity contribution in [2.45, 2.75) is 37.1 Å². The van der Waals surface area contributed by atoms with Gasteiger partial charge in [-0.25, -0.2) is 13.1 Å². The van der Waals surface area contributed by atoms with Crippen LogP contribution in [0.2, 0.25) is 0 Å². The number of hydrogen-bond acceptors (Lipinski definition) is 3. The first-order valence-corrected chi connectivity index (χ1v) is 10.6. The van der Waals surface area contributed by atoms with Crippen LogP contribution in [0, 0.1) is 0 Å². The monoisotopic (exact) mass is 444 g/mol. The maximum atomic E-state index is 12.4. The standard InChI is InChI=1S/C17H21IN2O2S/c1-2-3-16(12-18)15-4-6-17(7-5-15)23(21,22)20-13-14-8-10-19-11-9-14/h4-11,16,20H,2-3,12-13H2,1H3. The molecule has 1 heterocycles. The summed E-state index contributed by atoms with van der Waals surface area (Å²) in [6.45, 7) is 2.43. The van der Waals surface area contributed by atoms with Gasteiger partial charge in [0.05, 0.1) is 4.90 Å². The third kappa shape index (κ3) is 5.26. The molecular formula is C17H21IN2O2S. The summed E-state index contributed by atoms with van der Waals surface area (Å²) in [4.78, 5) is 4.22. The molecular weight excluding hydrogens is 423 g/mol. The van der Waals surface area contributed by atoms with Gasteiger partial charge in [0.1, 0.15) is 0 Å². The predicted octanol–water partition coefficient (Wildman–Crippen LogP) is 3.88. The van der Waals surface area contributed by atoms with E-state index in [0.717, 1.165) is 22.8 Å².